The highest BCUT2D eigenvalue weighted by Crippen LogP contribution is 2.13. The molecule has 0 radical (unpaired) electrons. The molecule has 0 atom stereocenters. The molecule has 0 bridgehead atoms. The van der Waals surface area contributed by atoms with Gasteiger partial charge >= 0.3 is 0 Å². The molecule has 0 saturated carbocycles. The van der Waals surface area contributed by atoms with E-state index >= 15 is 0 Å². The number of hydrogen-bond donors (Lipinski definition) is 1. The summed E-state index contributed by atoms with van der Waals surface area (Å²) in [7, 11) is 0. The van der Waals surface area contributed by atoms with Crippen molar-refractivity contribution in [3.63, 3.8) is 0 Å². The van der Waals surface area contributed by atoms with Gasteiger partial charge in [0.15, 0.2) is 5.84 Å². The van der Waals surface area contributed by atoms with Crippen LogP contribution in [-0.4, -0.2) is 42.3 Å². The van der Waals surface area contributed by atoms with Crippen LogP contribution < -0.4 is 5.43 Å². The van der Waals surface area contributed by atoms with Gasteiger partial charge in [-0.1, -0.05) is 0 Å². The monoisotopic (exact) mass is 179 g/mol. The zero-order valence-electron chi connectivity index (χ0n) is 7.03. The second-order valence-electron chi connectivity index (χ2n) is 3.00. The van der Waals surface area contributed by atoms with Gasteiger partial charge in [0.05, 0.1) is 13.0 Å². The minimum Gasteiger partial charge on any atom is -0.473 e. The predicted molar refractivity (Wildman–Crippen MR) is 47.6 cm³/mol. The molecule has 3 heterocycles. The molecule has 1 N–H and O–H groups in total. The van der Waals surface area contributed by atoms with Crippen molar-refractivity contribution in [2.45, 2.75) is 6.42 Å². The van der Waals surface area contributed by atoms with E-state index in [2.05, 4.69) is 20.6 Å². The Hall–Kier alpha value is -1.59. The molecule has 0 saturated heterocycles. The molecule has 3 aliphatic heterocycles. The molecule has 68 valence electrons. The zero-order valence-corrected chi connectivity index (χ0v) is 7.03. The first-order chi connectivity index (χ1) is 6.43. The Morgan fingerprint density at radius 1 is 1.46 bits per heavy atom. The van der Waals surface area contributed by atoms with Gasteiger partial charge in [-0.25, -0.2) is 5.01 Å². The normalized spacial score (nSPS) is 24.6. The van der Waals surface area contributed by atoms with Crippen LogP contribution in [0.4, 0.5) is 0 Å². The van der Waals surface area contributed by atoms with Gasteiger partial charge in [0.2, 0.25) is 0 Å². The summed E-state index contributed by atoms with van der Waals surface area (Å²) in [4.78, 5) is 4.34. The molecule has 0 aliphatic carbocycles. The van der Waals surface area contributed by atoms with Crippen LogP contribution in [0.2, 0.25) is 0 Å². The number of fused-ring (bicyclic) bond motifs is 2. The second kappa shape index (κ2) is 2.45. The number of amidine groups is 1. The van der Waals surface area contributed by atoms with Crippen LogP contribution in [0.15, 0.2) is 15.2 Å². The number of rotatable bonds is 0. The largest absolute Gasteiger partial charge is 0.473 e. The van der Waals surface area contributed by atoms with Crippen molar-refractivity contribution in [1.82, 2.24) is 10.4 Å². The third-order valence-corrected chi connectivity index (χ3v) is 2.14. The maximum atomic E-state index is 5.38. The van der Waals surface area contributed by atoms with Crippen molar-refractivity contribution in [3.05, 3.63) is 0 Å². The van der Waals surface area contributed by atoms with Crippen LogP contribution >= 0.6 is 0 Å². The number of aliphatic imine (C=N–C) groups is 1. The van der Waals surface area contributed by atoms with Gasteiger partial charge in [0.25, 0.3) is 5.90 Å². The van der Waals surface area contributed by atoms with Crippen molar-refractivity contribution in [2.75, 3.05) is 19.8 Å². The minimum absolute atomic E-state index is 0.634. The summed E-state index contributed by atoms with van der Waals surface area (Å²) in [5.74, 6) is 1.59. The van der Waals surface area contributed by atoms with Gasteiger partial charge in [0.1, 0.15) is 19.0 Å². The summed E-state index contributed by atoms with van der Waals surface area (Å²) in [6.07, 6.45) is 0.728. The third kappa shape index (κ3) is 0.980. The molecule has 3 rings (SSSR count). The van der Waals surface area contributed by atoms with Crippen molar-refractivity contribution in [3.8, 4) is 0 Å². The van der Waals surface area contributed by atoms with E-state index in [0.717, 1.165) is 24.5 Å². The number of hydrogen-bond acceptors (Lipinski definition) is 6. The number of ether oxygens (including phenoxy) is 1. The van der Waals surface area contributed by atoms with Gasteiger partial charge in [-0.3, -0.25) is 10.4 Å². The van der Waals surface area contributed by atoms with Crippen LogP contribution in [0.1, 0.15) is 6.42 Å². The van der Waals surface area contributed by atoms with E-state index < -0.39 is 0 Å². The second-order valence-corrected chi connectivity index (χ2v) is 3.00. The van der Waals surface area contributed by atoms with Crippen LogP contribution in [0.25, 0.3) is 0 Å². The minimum atomic E-state index is 0.634. The van der Waals surface area contributed by atoms with Crippen molar-refractivity contribution in [2.24, 2.45) is 15.2 Å². The van der Waals surface area contributed by atoms with Gasteiger partial charge in [0, 0.05) is 0 Å². The van der Waals surface area contributed by atoms with Crippen LogP contribution in [0.3, 0.4) is 0 Å². The summed E-state index contributed by atoms with van der Waals surface area (Å²) in [5, 5.41) is 10.2. The predicted octanol–water partition coefficient (Wildman–Crippen LogP) is -0.649. The standard InChI is InChI=1S/C7H9N5O/c1-2-13-7-5(8-1)3-6-10-9-4-12(6)11-7/h9H,1-4H2. The molecule has 6 heteroatoms. The van der Waals surface area contributed by atoms with Gasteiger partial charge in [-0.15, -0.1) is 5.10 Å². The molecule has 0 aromatic rings. The molecule has 13 heavy (non-hydrogen) atoms. The van der Waals surface area contributed by atoms with E-state index in [0.29, 0.717) is 19.2 Å². The summed E-state index contributed by atoms with van der Waals surface area (Å²) >= 11 is 0. The van der Waals surface area contributed by atoms with Crippen molar-refractivity contribution < 1.29 is 4.74 Å². The zero-order chi connectivity index (χ0) is 8.67. The summed E-state index contributed by atoms with van der Waals surface area (Å²) in [5.41, 5.74) is 3.79. The summed E-state index contributed by atoms with van der Waals surface area (Å²) < 4.78 is 5.38. The fourth-order valence-corrected chi connectivity index (χ4v) is 1.52. The van der Waals surface area contributed by atoms with E-state index in [1.807, 2.05) is 0 Å². The van der Waals surface area contributed by atoms with Gasteiger partial charge < -0.3 is 4.74 Å². The van der Waals surface area contributed by atoms with Crippen LogP contribution in [-0.2, 0) is 4.74 Å². The highest BCUT2D eigenvalue weighted by Gasteiger charge is 2.29. The Bertz CT molecular complexity index is 332. The molecule has 0 amide bonds. The SMILES string of the molecule is C1COC2=NN3CNN=C3CC2=N1. The Kier molecular flexibility index (Phi) is 1.29. The van der Waals surface area contributed by atoms with Crippen LogP contribution in [0.5, 0.6) is 0 Å². The van der Waals surface area contributed by atoms with E-state index in [4.69, 9.17) is 4.74 Å². The number of hydrazone groups is 2. The molecule has 0 aromatic carbocycles. The first-order valence-corrected chi connectivity index (χ1v) is 4.25. The smallest absolute Gasteiger partial charge is 0.253 e. The Morgan fingerprint density at radius 2 is 2.46 bits per heavy atom. The van der Waals surface area contributed by atoms with Crippen LogP contribution in [0, 0.1) is 0 Å². The van der Waals surface area contributed by atoms with E-state index in [9.17, 15) is 0 Å². The first-order valence-electron chi connectivity index (χ1n) is 4.25. The van der Waals surface area contributed by atoms with E-state index in [1.54, 1.807) is 5.01 Å². The van der Waals surface area contributed by atoms with Crippen molar-refractivity contribution in [1.29, 1.82) is 0 Å². The first kappa shape index (κ1) is 6.88. The molecule has 6 nitrogen and oxygen atoms in total. The lowest BCUT2D eigenvalue weighted by atomic mass is 10.2. The lowest BCUT2D eigenvalue weighted by molar-refractivity contribution is 0.296. The molecule has 3 aliphatic rings. The van der Waals surface area contributed by atoms with E-state index in [1.165, 1.54) is 0 Å². The average molecular weight is 179 g/mol. The maximum absolute atomic E-state index is 5.38. The summed E-state index contributed by atoms with van der Waals surface area (Å²) in [6, 6.07) is 0. The summed E-state index contributed by atoms with van der Waals surface area (Å²) in [6.45, 7) is 2.00. The fourth-order valence-electron chi connectivity index (χ4n) is 1.52. The maximum Gasteiger partial charge on any atom is 0.253 e. The topological polar surface area (TPSA) is 61.6 Å². The molecule has 0 fully saturated rings. The Labute approximate surface area is 75.0 Å². The molecule has 0 spiro atoms. The molecule has 0 aromatic heterocycles. The number of nitrogens with zero attached hydrogens (tertiary/aromatic N) is 4. The quantitative estimate of drug-likeness (QED) is 0.537. The fraction of sp³-hybridized carbons (Fsp3) is 0.571. The van der Waals surface area contributed by atoms with Gasteiger partial charge in [-0.05, 0) is 0 Å². The molecule has 0 unspecified atom stereocenters. The van der Waals surface area contributed by atoms with Crippen molar-refractivity contribution >= 4 is 17.4 Å². The van der Waals surface area contributed by atoms with E-state index in [-0.39, 0.29) is 0 Å². The third-order valence-electron chi connectivity index (χ3n) is 2.14. The molecular formula is C7H9N5O. The number of nitrogens with one attached hydrogen (secondary N) is 1. The average Bonchev–Trinajstić information content (AvgIpc) is 2.61. The highest BCUT2D eigenvalue weighted by atomic mass is 16.5. The Balaban J connectivity index is 2.00. The lowest BCUT2D eigenvalue weighted by Gasteiger charge is -2.24. The lowest BCUT2D eigenvalue weighted by Crippen LogP contribution is -2.39. The highest BCUT2D eigenvalue weighted by molar-refractivity contribution is 6.43. The van der Waals surface area contributed by atoms with Gasteiger partial charge in [-0.2, -0.15) is 5.10 Å². The molecular weight excluding hydrogens is 170 g/mol. The Morgan fingerprint density at radius 3 is 3.46 bits per heavy atom.